The van der Waals surface area contributed by atoms with Crippen molar-refractivity contribution in [3.63, 3.8) is 0 Å². The van der Waals surface area contributed by atoms with Crippen molar-refractivity contribution in [3.05, 3.63) is 161 Å². The van der Waals surface area contributed by atoms with Gasteiger partial charge in [0.05, 0.1) is 0 Å². The molecule has 0 aliphatic carbocycles. The molecule has 0 atom stereocenters. The summed E-state index contributed by atoms with van der Waals surface area (Å²) in [6.07, 6.45) is 0. The third-order valence-electron chi connectivity index (χ3n) is 8.40. The van der Waals surface area contributed by atoms with E-state index in [0.29, 0.717) is 33.9 Å². The fourth-order valence-corrected chi connectivity index (χ4v) is 5.87. The second-order valence-electron chi connectivity index (χ2n) is 12.1. The van der Waals surface area contributed by atoms with E-state index >= 15 is 0 Å². The Kier molecular flexibility index (Phi) is 9.58. The van der Waals surface area contributed by atoms with E-state index in [1.807, 2.05) is 72.8 Å². The number of hydrogen-bond donors (Lipinski definition) is 6. The summed E-state index contributed by atoms with van der Waals surface area (Å²) in [5.74, 6) is 1.59. The highest BCUT2D eigenvalue weighted by molar-refractivity contribution is 5.52. The van der Waals surface area contributed by atoms with Crippen LogP contribution in [0.5, 0.6) is 51.7 Å². The van der Waals surface area contributed by atoms with Crippen molar-refractivity contribution in [3.8, 4) is 51.7 Å². The molecule has 50 heavy (non-hydrogen) atoms. The van der Waals surface area contributed by atoms with Crippen LogP contribution in [0.25, 0.3) is 0 Å². The summed E-state index contributed by atoms with van der Waals surface area (Å²) in [5, 5.41) is 58.8. The molecule has 0 saturated heterocycles. The molecule has 6 aromatic rings. The van der Waals surface area contributed by atoms with Crippen LogP contribution in [-0.4, -0.2) is 30.6 Å². The number of phenolic OH excluding ortho intramolecular Hbond substituents is 6. The van der Waals surface area contributed by atoms with E-state index < -0.39 is 5.41 Å². The second-order valence-corrected chi connectivity index (χ2v) is 12.1. The highest BCUT2D eigenvalue weighted by Crippen LogP contribution is 2.41. The molecular formula is C41H36O9. The van der Waals surface area contributed by atoms with Crippen molar-refractivity contribution in [2.24, 2.45) is 0 Å². The molecule has 0 unspecified atom stereocenters. The zero-order valence-electron chi connectivity index (χ0n) is 27.2. The van der Waals surface area contributed by atoms with Crippen molar-refractivity contribution in [2.75, 3.05) is 0 Å². The van der Waals surface area contributed by atoms with Crippen LogP contribution in [0.2, 0.25) is 0 Å². The average molecular weight is 673 g/mol. The largest absolute Gasteiger partial charge is 0.508 e. The lowest BCUT2D eigenvalue weighted by Crippen LogP contribution is -2.25. The van der Waals surface area contributed by atoms with Gasteiger partial charge in [0.2, 0.25) is 0 Å². The van der Waals surface area contributed by atoms with Crippen molar-refractivity contribution in [2.45, 2.75) is 32.2 Å². The summed E-state index contributed by atoms with van der Waals surface area (Å²) in [5.41, 5.74) is 4.18. The molecule has 0 aliphatic heterocycles. The maximum absolute atomic E-state index is 9.80. The van der Waals surface area contributed by atoms with E-state index in [2.05, 4.69) is 6.92 Å². The Balaban J connectivity index is 1.25. The molecule has 0 fully saturated rings. The molecule has 0 bridgehead atoms. The van der Waals surface area contributed by atoms with Gasteiger partial charge in [0, 0.05) is 23.6 Å². The van der Waals surface area contributed by atoms with Crippen LogP contribution >= 0.6 is 0 Å². The van der Waals surface area contributed by atoms with Gasteiger partial charge in [-0.1, -0.05) is 36.4 Å². The number of phenols is 6. The van der Waals surface area contributed by atoms with Gasteiger partial charge < -0.3 is 44.8 Å². The fraction of sp³-hybridized carbons (Fsp3) is 0.122. The van der Waals surface area contributed by atoms with E-state index in [-0.39, 0.29) is 54.3 Å². The highest BCUT2D eigenvalue weighted by Gasteiger charge is 2.31. The van der Waals surface area contributed by atoms with Gasteiger partial charge in [-0.3, -0.25) is 0 Å². The summed E-state index contributed by atoms with van der Waals surface area (Å²) in [4.78, 5) is 0. The molecule has 6 N–H and O–H groups in total. The lowest BCUT2D eigenvalue weighted by atomic mass is 9.71. The molecule has 9 nitrogen and oxygen atoms in total. The first-order chi connectivity index (χ1) is 24.0. The van der Waals surface area contributed by atoms with Gasteiger partial charge in [0.15, 0.2) is 0 Å². The van der Waals surface area contributed by atoms with Crippen molar-refractivity contribution in [1.29, 1.82) is 0 Å². The van der Waals surface area contributed by atoms with E-state index in [0.717, 1.165) is 16.7 Å². The van der Waals surface area contributed by atoms with Gasteiger partial charge in [-0.2, -0.15) is 0 Å². The zero-order chi connectivity index (χ0) is 35.3. The van der Waals surface area contributed by atoms with Crippen LogP contribution in [0.3, 0.4) is 0 Å². The molecule has 6 aromatic carbocycles. The minimum absolute atomic E-state index is 0.0418. The van der Waals surface area contributed by atoms with E-state index in [9.17, 15) is 30.6 Å². The van der Waals surface area contributed by atoms with Crippen LogP contribution in [0.1, 0.15) is 40.3 Å². The molecular weight excluding hydrogens is 636 g/mol. The van der Waals surface area contributed by atoms with E-state index in [4.69, 9.17) is 14.2 Å². The van der Waals surface area contributed by atoms with Gasteiger partial charge >= 0.3 is 0 Å². The third kappa shape index (κ3) is 7.96. The fourth-order valence-electron chi connectivity index (χ4n) is 5.87. The van der Waals surface area contributed by atoms with Gasteiger partial charge in [-0.05, 0) is 113 Å². The molecule has 6 rings (SSSR count). The van der Waals surface area contributed by atoms with Crippen molar-refractivity contribution < 1.29 is 44.8 Å². The minimum atomic E-state index is -0.638. The van der Waals surface area contributed by atoms with Gasteiger partial charge in [0.1, 0.15) is 71.6 Å². The Morgan fingerprint density at radius 3 is 0.800 bits per heavy atom. The lowest BCUT2D eigenvalue weighted by molar-refractivity contribution is 0.304. The van der Waals surface area contributed by atoms with Gasteiger partial charge in [-0.25, -0.2) is 0 Å². The second kappa shape index (κ2) is 14.3. The molecule has 9 heteroatoms. The highest BCUT2D eigenvalue weighted by atomic mass is 16.5. The smallest absolute Gasteiger partial charge is 0.119 e. The van der Waals surface area contributed by atoms with E-state index in [1.54, 1.807) is 0 Å². The van der Waals surface area contributed by atoms with Crippen LogP contribution in [-0.2, 0) is 25.2 Å². The first-order valence-electron chi connectivity index (χ1n) is 15.8. The molecule has 0 heterocycles. The van der Waals surface area contributed by atoms with Gasteiger partial charge in [0.25, 0.3) is 0 Å². The molecule has 0 saturated carbocycles. The summed E-state index contributed by atoms with van der Waals surface area (Å²) in [7, 11) is 0. The third-order valence-corrected chi connectivity index (χ3v) is 8.40. The Morgan fingerprint density at radius 1 is 0.360 bits per heavy atom. The van der Waals surface area contributed by atoms with Crippen LogP contribution in [0.4, 0.5) is 0 Å². The topological polar surface area (TPSA) is 149 Å². The number of ether oxygens (including phenoxy) is 3. The monoisotopic (exact) mass is 672 g/mol. The average Bonchev–Trinajstić information content (AvgIpc) is 3.08. The SMILES string of the molecule is CC(c1ccc(OCc2cc(O)cc(O)c2)cc1)(c1ccc(OCc2cc(O)cc(O)c2)cc1)c1ccc(OCc2cc(O)cc(O)c2)cc1. The maximum atomic E-state index is 9.80. The molecule has 0 aromatic heterocycles. The predicted molar refractivity (Wildman–Crippen MR) is 187 cm³/mol. The summed E-state index contributed by atoms with van der Waals surface area (Å²) >= 11 is 0. The quantitative estimate of drug-likeness (QED) is 0.0711. The number of rotatable bonds is 12. The normalized spacial score (nSPS) is 11.2. The Labute approximate surface area is 289 Å². The molecule has 0 aliphatic rings. The molecule has 0 amide bonds. The van der Waals surface area contributed by atoms with Crippen LogP contribution < -0.4 is 14.2 Å². The molecule has 0 spiro atoms. The van der Waals surface area contributed by atoms with Gasteiger partial charge in [-0.15, -0.1) is 0 Å². The van der Waals surface area contributed by atoms with Crippen molar-refractivity contribution in [1.82, 2.24) is 0 Å². The van der Waals surface area contributed by atoms with Crippen molar-refractivity contribution >= 4 is 0 Å². The van der Waals surface area contributed by atoms with Crippen LogP contribution in [0.15, 0.2) is 127 Å². The minimum Gasteiger partial charge on any atom is -0.508 e. The maximum Gasteiger partial charge on any atom is 0.119 e. The molecule has 254 valence electrons. The number of benzene rings is 6. The number of aromatic hydroxyl groups is 6. The predicted octanol–water partition coefficient (Wildman–Crippen LogP) is 8.01. The Hall–Kier alpha value is -6.48. The Morgan fingerprint density at radius 2 is 0.580 bits per heavy atom. The summed E-state index contributed by atoms with van der Waals surface area (Å²) in [6.45, 7) is 2.60. The van der Waals surface area contributed by atoms with Crippen LogP contribution in [0, 0.1) is 0 Å². The Bertz CT molecular complexity index is 1770. The summed E-state index contributed by atoms with van der Waals surface area (Å²) in [6, 6.07) is 36.2. The zero-order valence-corrected chi connectivity index (χ0v) is 27.2. The first-order valence-corrected chi connectivity index (χ1v) is 15.8. The van der Waals surface area contributed by atoms with E-state index in [1.165, 1.54) is 54.6 Å². The summed E-state index contributed by atoms with van der Waals surface area (Å²) < 4.78 is 17.9. The number of hydrogen-bond acceptors (Lipinski definition) is 9. The lowest BCUT2D eigenvalue weighted by Gasteiger charge is -2.32. The standard InChI is InChI=1S/C41H36O9/c1-41(29-2-8-38(9-3-29)48-23-26-14-32(42)20-33(43)15-26,30-4-10-39(11-5-30)49-24-27-16-34(44)21-35(45)17-27)31-6-12-40(13-7-31)50-25-28-18-36(46)22-37(47)19-28/h2-22,42-47H,23-25H2,1H3. The molecule has 0 radical (unpaired) electrons. The first kappa shape index (κ1) is 33.4.